The van der Waals surface area contributed by atoms with Gasteiger partial charge in [0.1, 0.15) is 10.8 Å². The van der Waals surface area contributed by atoms with E-state index < -0.39 is 5.41 Å². The lowest BCUT2D eigenvalue weighted by Gasteiger charge is -2.34. The average molecular weight is 397 g/mol. The van der Waals surface area contributed by atoms with E-state index in [9.17, 15) is 9.90 Å². The zero-order chi connectivity index (χ0) is 20.1. The third kappa shape index (κ3) is 4.74. The second-order valence-electron chi connectivity index (χ2n) is 7.36. The Morgan fingerprint density at radius 3 is 2.71 bits per heavy atom. The number of rotatable bonds is 6. The van der Waals surface area contributed by atoms with Crippen molar-refractivity contribution in [2.75, 3.05) is 17.7 Å². The van der Waals surface area contributed by atoms with Crippen LogP contribution in [0.5, 0.6) is 0 Å². The summed E-state index contributed by atoms with van der Waals surface area (Å²) in [5.41, 5.74) is 8.22. The number of carbonyl (C=O) groups is 1. The normalized spacial score (nSPS) is 19.4. The minimum atomic E-state index is -0.511. The Kier molecular flexibility index (Phi) is 6.06. The highest BCUT2D eigenvalue weighted by Gasteiger charge is 2.37. The van der Waals surface area contributed by atoms with Crippen LogP contribution in [0.1, 0.15) is 25.3 Å². The summed E-state index contributed by atoms with van der Waals surface area (Å²) in [5, 5.41) is 16.3. The summed E-state index contributed by atoms with van der Waals surface area (Å²) in [5.74, 6) is 0.364. The quantitative estimate of drug-likeness (QED) is 0.557. The number of nitrogens with two attached hydrogens (primary N) is 1. The van der Waals surface area contributed by atoms with Gasteiger partial charge < -0.3 is 21.5 Å². The predicted octanol–water partition coefficient (Wildman–Crippen LogP) is 2.81. The number of ketones is 1. The van der Waals surface area contributed by atoms with E-state index in [-0.39, 0.29) is 18.8 Å². The first-order valence-electron chi connectivity index (χ1n) is 9.08. The van der Waals surface area contributed by atoms with E-state index >= 15 is 0 Å². The van der Waals surface area contributed by atoms with Crippen molar-refractivity contribution in [3.8, 4) is 0 Å². The van der Waals surface area contributed by atoms with E-state index in [1.54, 1.807) is 12.3 Å². The number of para-hydroxylation sites is 1. The molecule has 0 saturated carbocycles. The number of pyridine rings is 1. The molecule has 1 heterocycles. The van der Waals surface area contributed by atoms with E-state index in [1.165, 1.54) is 0 Å². The van der Waals surface area contributed by atoms with Crippen LogP contribution in [-0.4, -0.2) is 27.5 Å². The number of Topliss-reactive ketones (excluding diaryl/α,β-unsaturated/α-hetero) is 1. The number of aliphatic hydroxyl groups excluding tert-OH is 1. The van der Waals surface area contributed by atoms with Gasteiger partial charge in [-0.3, -0.25) is 4.79 Å². The fraction of sp³-hybridized carbons (Fsp3) is 0.286. The highest BCUT2D eigenvalue weighted by molar-refractivity contribution is 7.81. The number of hydrogen-bond acceptors (Lipinski definition) is 6. The number of aliphatic hydroxyl groups is 1. The summed E-state index contributed by atoms with van der Waals surface area (Å²) < 4.78 is 0. The number of allylic oxidation sites excluding steroid dienone is 1. The molecule has 7 heteroatoms. The highest BCUT2D eigenvalue weighted by atomic mass is 32.1. The fourth-order valence-electron chi connectivity index (χ4n) is 3.28. The maximum Gasteiger partial charge on any atom is 0.168 e. The largest absolute Gasteiger partial charge is 0.396 e. The van der Waals surface area contributed by atoms with Gasteiger partial charge in [-0.25, -0.2) is 4.98 Å². The molecule has 0 aliphatic heterocycles. The molecule has 28 heavy (non-hydrogen) atoms. The zero-order valence-corrected chi connectivity index (χ0v) is 16.6. The van der Waals surface area contributed by atoms with E-state index in [4.69, 9.17) is 18.0 Å². The molecule has 1 aliphatic carbocycles. The maximum absolute atomic E-state index is 12.9. The van der Waals surface area contributed by atoms with E-state index in [0.29, 0.717) is 29.3 Å². The molecule has 0 bridgehead atoms. The molecule has 146 valence electrons. The van der Waals surface area contributed by atoms with Crippen molar-refractivity contribution in [3.63, 3.8) is 0 Å². The molecule has 1 unspecified atom stereocenters. The smallest absolute Gasteiger partial charge is 0.168 e. The van der Waals surface area contributed by atoms with Crippen LogP contribution >= 0.6 is 12.2 Å². The number of thiocarbonyl (C=S) groups is 1. The third-order valence-corrected chi connectivity index (χ3v) is 5.07. The van der Waals surface area contributed by atoms with Gasteiger partial charge in [0.05, 0.1) is 5.57 Å². The highest BCUT2D eigenvalue weighted by Crippen LogP contribution is 2.36. The Balaban J connectivity index is 1.88. The first-order valence-corrected chi connectivity index (χ1v) is 9.49. The molecule has 2 aromatic rings. The van der Waals surface area contributed by atoms with Gasteiger partial charge >= 0.3 is 0 Å². The Bertz CT molecular complexity index is 914. The van der Waals surface area contributed by atoms with E-state index in [1.807, 2.05) is 43.3 Å². The van der Waals surface area contributed by atoms with E-state index in [2.05, 4.69) is 15.6 Å². The Morgan fingerprint density at radius 1 is 1.29 bits per heavy atom. The molecule has 0 fully saturated rings. The number of nitrogen functional groups attached to an aromatic ring is 1. The molecule has 1 aliphatic rings. The van der Waals surface area contributed by atoms with Crippen molar-refractivity contribution in [2.24, 2.45) is 5.41 Å². The molecular formula is C21H24N4O2S. The van der Waals surface area contributed by atoms with Crippen LogP contribution in [0, 0.1) is 5.41 Å². The minimum absolute atomic E-state index is 0.0711. The van der Waals surface area contributed by atoms with Gasteiger partial charge in [-0.05, 0) is 36.2 Å². The summed E-state index contributed by atoms with van der Waals surface area (Å²) >= 11 is 5.55. The zero-order valence-electron chi connectivity index (χ0n) is 15.7. The van der Waals surface area contributed by atoms with Crippen molar-refractivity contribution in [3.05, 3.63) is 65.5 Å². The Morgan fingerprint density at radius 2 is 2.04 bits per heavy atom. The lowest BCUT2D eigenvalue weighted by atomic mass is 9.74. The van der Waals surface area contributed by atoms with Crippen LogP contribution in [-0.2, 0) is 11.3 Å². The standard InChI is InChI=1S/C21H24N4O2S/c1-21(13-26)10-16(24-12-14-7-8-23-18(22)9-14)19(17(27)11-21)20(28)25-15-5-3-2-4-6-15/h2-9,24,26H,10-13H2,1H3,(H2,22,23)(H,25,28). The summed E-state index contributed by atoms with van der Waals surface area (Å²) in [4.78, 5) is 17.3. The number of benzene rings is 1. The van der Waals surface area contributed by atoms with Crippen molar-refractivity contribution in [1.82, 2.24) is 10.3 Å². The fourth-order valence-corrected chi connectivity index (χ4v) is 3.63. The number of aromatic nitrogens is 1. The van der Waals surface area contributed by atoms with Crippen molar-refractivity contribution < 1.29 is 9.90 Å². The molecule has 1 aromatic carbocycles. The van der Waals surface area contributed by atoms with Gasteiger partial charge in [0.15, 0.2) is 5.78 Å². The number of hydrogen-bond donors (Lipinski definition) is 4. The van der Waals surface area contributed by atoms with Crippen molar-refractivity contribution in [2.45, 2.75) is 26.3 Å². The monoisotopic (exact) mass is 396 g/mol. The molecule has 5 N–H and O–H groups in total. The molecule has 1 atom stereocenters. The van der Waals surface area contributed by atoms with Gasteiger partial charge in [-0.1, -0.05) is 37.3 Å². The lowest BCUT2D eigenvalue weighted by molar-refractivity contribution is -0.118. The van der Waals surface area contributed by atoms with Crippen LogP contribution in [0.25, 0.3) is 0 Å². The molecule has 0 saturated heterocycles. The molecule has 0 spiro atoms. The molecule has 0 radical (unpaired) electrons. The summed E-state index contributed by atoms with van der Waals surface area (Å²) in [6.45, 7) is 2.31. The first kappa shape index (κ1) is 20.0. The molecule has 1 aromatic heterocycles. The van der Waals surface area contributed by atoms with Gasteiger partial charge in [-0.15, -0.1) is 0 Å². The van der Waals surface area contributed by atoms with E-state index in [0.717, 1.165) is 16.9 Å². The van der Waals surface area contributed by atoms with Gasteiger partial charge in [0.2, 0.25) is 0 Å². The predicted molar refractivity (Wildman–Crippen MR) is 115 cm³/mol. The second kappa shape index (κ2) is 8.50. The van der Waals surface area contributed by atoms with Crippen molar-refractivity contribution in [1.29, 1.82) is 0 Å². The molecule has 3 rings (SSSR count). The van der Waals surface area contributed by atoms with Crippen molar-refractivity contribution >= 4 is 34.5 Å². The third-order valence-electron chi connectivity index (χ3n) is 4.76. The average Bonchev–Trinajstić information content (AvgIpc) is 2.66. The van der Waals surface area contributed by atoms with Gasteiger partial charge in [0, 0.05) is 42.6 Å². The van der Waals surface area contributed by atoms with Crippen LogP contribution < -0.4 is 16.4 Å². The summed E-state index contributed by atoms with van der Waals surface area (Å²) in [6.07, 6.45) is 2.43. The SMILES string of the molecule is CC1(CO)CC(=O)C(C(=S)Nc2ccccc2)=C(NCc2ccnc(N)c2)C1. The summed E-state index contributed by atoms with van der Waals surface area (Å²) in [7, 11) is 0. The molecular weight excluding hydrogens is 372 g/mol. The van der Waals surface area contributed by atoms with Crippen LogP contribution in [0.15, 0.2) is 59.9 Å². The number of anilines is 2. The first-order chi connectivity index (χ1) is 13.4. The second-order valence-corrected chi connectivity index (χ2v) is 7.77. The number of carbonyl (C=O) groups excluding carboxylic acids is 1. The van der Waals surface area contributed by atoms with Crippen LogP contribution in [0.4, 0.5) is 11.5 Å². The lowest BCUT2D eigenvalue weighted by Crippen LogP contribution is -2.38. The van der Waals surface area contributed by atoms with Gasteiger partial charge in [0.25, 0.3) is 0 Å². The maximum atomic E-state index is 12.9. The Labute approximate surface area is 169 Å². The molecule has 0 amide bonds. The Hall–Kier alpha value is -2.77. The topological polar surface area (TPSA) is 100 Å². The summed E-state index contributed by atoms with van der Waals surface area (Å²) in [6, 6.07) is 13.1. The van der Waals surface area contributed by atoms with Crippen LogP contribution in [0.2, 0.25) is 0 Å². The number of nitrogens with one attached hydrogen (secondary N) is 2. The minimum Gasteiger partial charge on any atom is -0.396 e. The van der Waals surface area contributed by atoms with Crippen LogP contribution in [0.3, 0.4) is 0 Å². The molecule has 6 nitrogen and oxygen atoms in total. The van der Waals surface area contributed by atoms with Gasteiger partial charge in [-0.2, -0.15) is 0 Å². The number of nitrogens with zero attached hydrogens (tertiary/aromatic N) is 1.